The lowest BCUT2D eigenvalue weighted by Gasteiger charge is -2.06. The SMILES string of the molecule is C=CCOc1cc(C(=O)O)c(F)cc1[N+](=O)[O-]. The van der Waals surface area contributed by atoms with Gasteiger partial charge in [-0.25, -0.2) is 9.18 Å². The van der Waals surface area contributed by atoms with Crippen molar-refractivity contribution in [1.82, 2.24) is 0 Å². The van der Waals surface area contributed by atoms with Crippen LogP contribution in [-0.2, 0) is 0 Å². The molecule has 7 heteroatoms. The van der Waals surface area contributed by atoms with Gasteiger partial charge in [-0.2, -0.15) is 0 Å². The van der Waals surface area contributed by atoms with E-state index in [0.717, 1.165) is 6.07 Å². The number of ether oxygens (including phenoxy) is 1. The summed E-state index contributed by atoms with van der Waals surface area (Å²) in [6.07, 6.45) is 1.33. The lowest BCUT2D eigenvalue weighted by Crippen LogP contribution is -2.05. The number of benzene rings is 1. The van der Waals surface area contributed by atoms with E-state index in [4.69, 9.17) is 9.84 Å². The molecule has 0 spiro atoms. The molecule has 0 saturated heterocycles. The number of nitro groups is 1. The zero-order valence-electron chi connectivity index (χ0n) is 8.55. The number of carboxylic acids is 1. The third-order valence-corrected chi connectivity index (χ3v) is 1.83. The summed E-state index contributed by atoms with van der Waals surface area (Å²) in [5.74, 6) is -3.02. The van der Waals surface area contributed by atoms with E-state index >= 15 is 0 Å². The Labute approximate surface area is 95.1 Å². The molecule has 0 atom stereocenters. The first kappa shape index (κ1) is 12.6. The van der Waals surface area contributed by atoms with E-state index in [9.17, 15) is 19.3 Å². The molecule has 1 rings (SSSR count). The number of aromatic carboxylic acids is 1. The average Bonchev–Trinajstić information content (AvgIpc) is 2.26. The maximum absolute atomic E-state index is 13.2. The summed E-state index contributed by atoms with van der Waals surface area (Å²) in [7, 11) is 0. The van der Waals surface area contributed by atoms with Gasteiger partial charge < -0.3 is 9.84 Å². The summed E-state index contributed by atoms with van der Waals surface area (Å²) in [4.78, 5) is 20.4. The molecule has 6 nitrogen and oxygen atoms in total. The number of nitrogens with zero attached hydrogens (tertiary/aromatic N) is 1. The fourth-order valence-electron chi connectivity index (χ4n) is 1.11. The molecule has 90 valence electrons. The minimum absolute atomic E-state index is 0.0501. The first-order valence-corrected chi connectivity index (χ1v) is 4.42. The molecule has 0 saturated carbocycles. The summed E-state index contributed by atoms with van der Waals surface area (Å²) in [5.41, 5.74) is -1.32. The second-order valence-electron chi connectivity index (χ2n) is 2.96. The van der Waals surface area contributed by atoms with E-state index in [2.05, 4.69) is 6.58 Å². The molecule has 1 aromatic rings. The van der Waals surface area contributed by atoms with Crippen LogP contribution in [0.2, 0.25) is 0 Å². The van der Waals surface area contributed by atoms with Gasteiger partial charge >= 0.3 is 11.7 Å². The summed E-state index contributed by atoms with van der Waals surface area (Å²) in [6.45, 7) is 3.29. The van der Waals surface area contributed by atoms with Gasteiger partial charge in [-0.05, 0) is 0 Å². The Balaban J connectivity index is 3.30. The van der Waals surface area contributed by atoms with Gasteiger partial charge in [-0.1, -0.05) is 12.7 Å². The summed E-state index contributed by atoms with van der Waals surface area (Å²) in [5, 5.41) is 19.3. The number of carbonyl (C=O) groups is 1. The monoisotopic (exact) mass is 241 g/mol. The molecule has 0 aliphatic heterocycles. The van der Waals surface area contributed by atoms with E-state index < -0.39 is 28.0 Å². The second kappa shape index (κ2) is 5.06. The fourth-order valence-corrected chi connectivity index (χ4v) is 1.11. The number of carboxylic acid groups (broad SMARTS) is 1. The van der Waals surface area contributed by atoms with E-state index in [-0.39, 0.29) is 12.4 Å². The van der Waals surface area contributed by atoms with Crippen LogP contribution in [0.25, 0.3) is 0 Å². The van der Waals surface area contributed by atoms with Crippen molar-refractivity contribution < 1.29 is 24.0 Å². The molecule has 0 radical (unpaired) electrons. The molecule has 0 unspecified atom stereocenters. The van der Waals surface area contributed by atoms with Crippen LogP contribution < -0.4 is 4.74 Å². The van der Waals surface area contributed by atoms with Crippen molar-refractivity contribution in [2.75, 3.05) is 6.61 Å². The number of hydrogen-bond donors (Lipinski definition) is 1. The van der Waals surface area contributed by atoms with Gasteiger partial charge in [0, 0.05) is 6.07 Å². The van der Waals surface area contributed by atoms with Crippen LogP contribution in [0.3, 0.4) is 0 Å². The van der Waals surface area contributed by atoms with Crippen molar-refractivity contribution in [2.45, 2.75) is 0 Å². The van der Waals surface area contributed by atoms with Crippen molar-refractivity contribution in [1.29, 1.82) is 0 Å². The maximum atomic E-state index is 13.2. The molecular formula is C10H8FNO5. The number of nitro benzene ring substituents is 1. The quantitative estimate of drug-likeness (QED) is 0.483. The van der Waals surface area contributed by atoms with Crippen molar-refractivity contribution >= 4 is 11.7 Å². The minimum Gasteiger partial charge on any atom is -0.483 e. The van der Waals surface area contributed by atoms with E-state index in [0.29, 0.717) is 6.07 Å². The number of halogens is 1. The van der Waals surface area contributed by atoms with Crippen LogP contribution in [0, 0.1) is 15.9 Å². The van der Waals surface area contributed by atoms with Crippen LogP contribution in [-0.4, -0.2) is 22.6 Å². The Kier molecular flexibility index (Phi) is 3.76. The minimum atomic E-state index is -1.53. The number of hydrogen-bond acceptors (Lipinski definition) is 4. The van der Waals surface area contributed by atoms with Crippen LogP contribution in [0.15, 0.2) is 24.8 Å². The van der Waals surface area contributed by atoms with Gasteiger partial charge in [0.15, 0.2) is 5.75 Å². The first-order chi connectivity index (χ1) is 7.97. The normalized spacial score (nSPS) is 9.71. The van der Waals surface area contributed by atoms with Gasteiger partial charge in [0.05, 0.1) is 16.6 Å². The van der Waals surface area contributed by atoms with E-state index in [1.165, 1.54) is 6.08 Å². The summed E-state index contributed by atoms with van der Waals surface area (Å²) < 4.78 is 18.1. The largest absolute Gasteiger partial charge is 0.483 e. The van der Waals surface area contributed by atoms with Gasteiger partial charge in [0.25, 0.3) is 0 Å². The van der Waals surface area contributed by atoms with Crippen molar-refractivity contribution in [3.05, 3.63) is 46.3 Å². The van der Waals surface area contributed by atoms with Gasteiger partial charge in [0.2, 0.25) is 0 Å². The lowest BCUT2D eigenvalue weighted by molar-refractivity contribution is -0.386. The highest BCUT2D eigenvalue weighted by Gasteiger charge is 2.22. The topological polar surface area (TPSA) is 89.7 Å². The highest BCUT2D eigenvalue weighted by atomic mass is 19.1. The zero-order valence-corrected chi connectivity index (χ0v) is 8.55. The Hall–Kier alpha value is -2.44. The highest BCUT2D eigenvalue weighted by Crippen LogP contribution is 2.30. The summed E-state index contributed by atoms with van der Waals surface area (Å²) >= 11 is 0. The summed E-state index contributed by atoms with van der Waals surface area (Å²) in [6, 6.07) is 1.29. The lowest BCUT2D eigenvalue weighted by atomic mass is 10.2. The third kappa shape index (κ3) is 2.77. The van der Waals surface area contributed by atoms with Crippen LogP contribution in [0.4, 0.5) is 10.1 Å². The molecule has 0 amide bonds. The molecule has 1 aromatic carbocycles. The number of rotatable bonds is 5. The molecule has 0 aliphatic rings. The maximum Gasteiger partial charge on any atom is 0.338 e. The van der Waals surface area contributed by atoms with E-state index in [1.807, 2.05) is 0 Å². The molecule has 0 fully saturated rings. The molecule has 1 N–H and O–H groups in total. The highest BCUT2D eigenvalue weighted by molar-refractivity contribution is 5.89. The molecule has 17 heavy (non-hydrogen) atoms. The van der Waals surface area contributed by atoms with Crippen molar-refractivity contribution in [3.8, 4) is 5.75 Å². The predicted molar refractivity (Wildman–Crippen MR) is 55.7 cm³/mol. The molecule has 0 heterocycles. The van der Waals surface area contributed by atoms with Crippen molar-refractivity contribution in [2.24, 2.45) is 0 Å². The predicted octanol–water partition coefficient (Wildman–Crippen LogP) is 2.00. The molecule has 0 aromatic heterocycles. The van der Waals surface area contributed by atoms with Gasteiger partial charge in [-0.3, -0.25) is 10.1 Å². The zero-order chi connectivity index (χ0) is 13.0. The van der Waals surface area contributed by atoms with Gasteiger partial charge in [0.1, 0.15) is 12.4 Å². The van der Waals surface area contributed by atoms with Gasteiger partial charge in [-0.15, -0.1) is 0 Å². The molecular weight excluding hydrogens is 233 g/mol. The van der Waals surface area contributed by atoms with E-state index in [1.54, 1.807) is 0 Å². The Morgan fingerprint density at radius 2 is 2.29 bits per heavy atom. The molecule has 0 aliphatic carbocycles. The van der Waals surface area contributed by atoms with Crippen LogP contribution in [0.5, 0.6) is 5.75 Å². The fraction of sp³-hybridized carbons (Fsp3) is 0.100. The Morgan fingerprint density at radius 3 is 2.76 bits per heavy atom. The second-order valence-corrected chi connectivity index (χ2v) is 2.96. The first-order valence-electron chi connectivity index (χ1n) is 4.42. The standard InChI is InChI=1S/C10H8FNO5/c1-2-3-17-9-4-6(10(13)14)7(11)5-8(9)12(15)16/h2,4-5H,1,3H2,(H,13,14). The smallest absolute Gasteiger partial charge is 0.338 e. The van der Waals surface area contributed by atoms with Crippen LogP contribution >= 0.6 is 0 Å². The Bertz CT molecular complexity index is 486. The Morgan fingerprint density at radius 1 is 1.65 bits per heavy atom. The average molecular weight is 241 g/mol. The van der Waals surface area contributed by atoms with Crippen LogP contribution in [0.1, 0.15) is 10.4 Å². The molecule has 0 bridgehead atoms. The third-order valence-electron chi connectivity index (χ3n) is 1.83. The van der Waals surface area contributed by atoms with Crippen molar-refractivity contribution in [3.63, 3.8) is 0 Å².